The van der Waals surface area contributed by atoms with Crippen molar-refractivity contribution in [2.24, 2.45) is 0 Å². The van der Waals surface area contributed by atoms with Gasteiger partial charge in [-0.1, -0.05) is 17.7 Å². The molecule has 2 rings (SSSR count). The molecule has 4 nitrogen and oxygen atoms in total. The number of quaternary nitrogens is 1. The van der Waals surface area contributed by atoms with Crippen LogP contribution in [0.5, 0.6) is 0 Å². The molecule has 112 valence electrons. The van der Waals surface area contributed by atoms with Crippen molar-refractivity contribution in [2.75, 3.05) is 12.4 Å². The highest BCUT2D eigenvalue weighted by atomic mass is 35.5. The molecule has 0 aliphatic heterocycles. The molecular weight excluding hydrogens is 288 g/mol. The summed E-state index contributed by atoms with van der Waals surface area (Å²) in [6.07, 6.45) is 0. The molecule has 0 radical (unpaired) electrons. The number of carbonyl (C=O) groups is 1. The lowest BCUT2D eigenvalue weighted by Crippen LogP contribution is -3.12. The maximum Gasteiger partial charge on any atom is 0.282 e. The minimum atomic E-state index is -0.200. The van der Waals surface area contributed by atoms with Gasteiger partial charge >= 0.3 is 0 Å². The van der Waals surface area contributed by atoms with Crippen LogP contribution in [0.25, 0.3) is 0 Å². The first-order valence-electron chi connectivity index (χ1n) is 6.90. The highest BCUT2D eigenvalue weighted by Crippen LogP contribution is 2.14. The lowest BCUT2D eigenvalue weighted by Gasteiger charge is -2.20. The van der Waals surface area contributed by atoms with E-state index in [1.807, 2.05) is 45.2 Å². The molecule has 1 unspecified atom stereocenters. The first-order valence-corrected chi connectivity index (χ1v) is 7.27. The summed E-state index contributed by atoms with van der Waals surface area (Å²) >= 11 is 5.91. The third-order valence-electron chi connectivity index (χ3n) is 3.47. The van der Waals surface area contributed by atoms with Crippen molar-refractivity contribution >= 4 is 23.2 Å². The molecule has 1 heterocycles. The van der Waals surface area contributed by atoms with Gasteiger partial charge in [0.1, 0.15) is 12.3 Å². The second-order valence-electron chi connectivity index (χ2n) is 5.26. The van der Waals surface area contributed by atoms with E-state index in [0.717, 1.165) is 16.4 Å². The Hall–Kier alpha value is -1.78. The van der Waals surface area contributed by atoms with Crippen LogP contribution in [0.1, 0.15) is 18.4 Å². The van der Waals surface area contributed by atoms with Gasteiger partial charge in [-0.05, 0) is 44.2 Å². The van der Waals surface area contributed by atoms with Crippen LogP contribution in [0.15, 0.2) is 40.8 Å². The van der Waals surface area contributed by atoms with Crippen molar-refractivity contribution in [3.05, 3.63) is 52.9 Å². The Labute approximate surface area is 129 Å². The van der Waals surface area contributed by atoms with Gasteiger partial charge in [-0.3, -0.25) is 4.79 Å². The van der Waals surface area contributed by atoms with E-state index >= 15 is 0 Å². The van der Waals surface area contributed by atoms with E-state index in [4.69, 9.17) is 16.0 Å². The number of furan rings is 1. The molecule has 0 bridgehead atoms. The fourth-order valence-electron chi connectivity index (χ4n) is 2.05. The Bertz CT molecular complexity index is 624. The van der Waals surface area contributed by atoms with Crippen molar-refractivity contribution in [3.8, 4) is 0 Å². The number of halogens is 1. The van der Waals surface area contributed by atoms with Crippen LogP contribution in [-0.4, -0.2) is 19.0 Å². The number of hydrogen-bond acceptors (Lipinski definition) is 2. The zero-order valence-corrected chi connectivity index (χ0v) is 13.2. The molecule has 0 aliphatic rings. The number of carbonyl (C=O) groups excluding carboxylic acids is 1. The second-order valence-corrected chi connectivity index (χ2v) is 5.69. The summed E-state index contributed by atoms with van der Waals surface area (Å²) in [5, 5.41) is 3.48. The number of rotatable bonds is 5. The molecule has 2 atom stereocenters. The maximum atomic E-state index is 12.3. The highest BCUT2D eigenvalue weighted by Gasteiger charge is 2.23. The highest BCUT2D eigenvalue weighted by molar-refractivity contribution is 6.30. The lowest BCUT2D eigenvalue weighted by atomic mass is 10.2. The Balaban J connectivity index is 1.95. The van der Waals surface area contributed by atoms with Crippen molar-refractivity contribution in [3.63, 3.8) is 0 Å². The third kappa shape index (κ3) is 4.34. The van der Waals surface area contributed by atoms with E-state index < -0.39 is 0 Å². The smallest absolute Gasteiger partial charge is 0.282 e. The minimum absolute atomic E-state index is 0.0435. The molecule has 0 fully saturated rings. The van der Waals surface area contributed by atoms with Gasteiger partial charge in [0.15, 0.2) is 11.8 Å². The SMILES string of the molecule is Cc1ccc(C[NH+](C)[C@@H](C)C(=O)Nc2cccc(Cl)c2)o1. The molecule has 0 aliphatic carbocycles. The molecular formula is C16H20ClN2O2+. The number of likely N-dealkylation sites (N-methyl/N-ethyl adjacent to an activating group) is 1. The van der Waals surface area contributed by atoms with Gasteiger partial charge in [-0.15, -0.1) is 0 Å². The molecule has 0 spiro atoms. The average molecular weight is 308 g/mol. The van der Waals surface area contributed by atoms with Gasteiger partial charge in [0.2, 0.25) is 0 Å². The third-order valence-corrected chi connectivity index (χ3v) is 3.71. The molecule has 1 amide bonds. The van der Waals surface area contributed by atoms with E-state index in [9.17, 15) is 4.79 Å². The number of nitrogens with one attached hydrogen (secondary N) is 2. The number of hydrogen-bond donors (Lipinski definition) is 2. The number of benzene rings is 1. The normalized spacial score (nSPS) is 13.7. The number of amides is 1. The fraction of sp³-hybridized carbons (Fsp3) is 0.312. The van der Waals surface area contributed by atoms with Crippen LogP contribution in [0.4, 0.5) is 5.69 Å². The summed E-state index contributed by atoms with van der Waals surface area (Å²) in [5.74, 6) is 1.72. The van der Waals surface area contributed by atoms with Gasteiger partial charge in [-0.2, -0.15) is 0 Å². The molecule has 0 saturated heterocycles. The van der Waals surface area contributed by atoms with Crippen molar-refractivity contribution in [1.82, 2.24) is 0 Å². The predicted octanol–water partition coefficient (Wildman–Crippen LogP) is 2.28. The van der Waals surface area contributed by atoms with Crippen LogP contribution >= 0.6 is 11.6 Å². The zero-order chi connectivity index (χ0) is 15.4. The number of anilines is 1. The number of aryl methyl sites for hydroxylation is 1. The van der Waals surface area contributed by atoms with E-state index in [1.165, 1.54) is 0 Å². The fourth-order valence-corrected chi connectivity index (χ4v) is 2.24. The van der Waals surface area contributed by atoms with Crippen molar-refractivity contribution in [1.29, 1.82) is 0 Å². The maximum absolute atomic E-state index is 12.3. The molecule has 2 N–H and O–H groups in total. The van der Waals surface area contributed by atoms with Crippen molar-refractivity contribution < 1.29 is 14.1 Å². The Morgan fingerprint density at radius 2 is 2.14 bits per heavy atom. The molecule has 21 heavy (non-hydrogen) atoms. The van der Waals surface area contributed by atoms with Gasteiger partial charge in [0.05, 0.1) is 7.05 Å². The van der Waals surface area contributed by atoms with Gasteiger partial charge < -0.3 is 14.6 Å². The summed E-state index contributed by atoms with van der Waals surface area (Å²) < 4.78 is 5.55. The van der Waals surface area contributed by atoms with E-state index in [0.29, 0.717) is 17.3 Å². The van der Waals surface area contributed by atoms with E-state index in [1.54, 1.807) is 12.1 Å². The average Bonchev–Trinajstić information content (AvgIpc) is 2.83. The monoisotopic (exact) mass is 307 g/mol. The predicted molar refractivity (Wildman–Crippen MR) is 83.6 cm³/mol. The van der Waals surface area contributed by atoms with Gasteiger partial charge in [-0.25, -0.2) is 0 Å². The standard InChI is InChI=1S/C16H19ClN2O2/c1-11-7-8-15(21-11)10-19(3)12(2)16(20)18-14-6-4-5-13(17)9-14/h4-9,12H,10H2,1-3H3,(H,18,20)/p+1/t12-/m0/s1. The van der Waals surface area contributed by atoms with Crippen LogP contribution < -0.4 is 10.2 Å². The van der Waals surface area contributed by atoms with Crippen LogP contribution in [0.2, 0.25) is 5.02 Å². The van der Waals surface area contributed by atoms with Crippen LogP contribution in [0.3, 0.4) is 0 Å². The van der Waals surface area contributed by atoms with E-state index in [-0.39, 0.29) is 11.9 Å². The molecule has 2 aromatic rings. The zero-order valence-electron chi connectivity index (χ0n) is 12.4. The molecule has 1 aromatic carbocycles. The molecule has 1 aromatic heterocycles. The molecule has 5 heteroatoms. The summed E-state index contributed by atoms with van der Waals surface area (Å²) in [6, 6.07) is 10.8. The van der Waals surface area contributed by atoms with Gasteiger partial charge in [0.25, 0.3) is 5.91 Å². The van der Waals surface area contributed by atoms with E-state index in [2.05, 4.69) is 5.32 Å². The van der Waals surface area contributed by atoms with Crippen LogP contribution in [-0.2, 0) is 11.3 Å². The quantitative estimate of drug-likeness (QED) is 0.890. The first-order chi connectivity index (χ1) is 9.95. The Morgan fingerprint density at radius 3 is 2.76 bits per heavy atom. The summed E-state index contributed by atoms with van der Waals surface area (Å²) in [7, 11) is 1.97. The summed E-state index contributed by atoms with van der Waals surface area (Å²) in [6.45, 7) is 4.47. The summed E-state index contributed by atoms with van der Waals surface area (Å²) in [4.78, 5) is 13.3. The largest absolute Gasteiger partial charge is 0.460 e. The first kappa shape index (κ1) is 15.6. The summed E-state index contributed by atoms with van der Waals surface area (Å²) in [5.41, 5.74) is 0.709. The van der Waals surface area contributed by atoms with Crippen molar-refractivity contribution in [2.45, 2.75) is 26.4 Å². The van der Waals surface area contributed by atoms with Crippen LogP contribution in [0, 0.1) is 6.92 Å². The lowest BCUT2D eigenvalue weighted by molar-refractivity contribution is -0.908. The topological polar surface area (TPSA) is 46.7 Å². The van der Waals surface area contributed by atoms with Gasteiger partial charge in [0, 0.05) is 10.7 Å². The minimum Gasteiger partial charge on any atom is -0.460 e. The second kappa shape index (κ2) is 6.78. The Kier molecular flexibility index (Phi) is 5.04. The molecule has 0 saturated carbocycles. The Morgan fingerprint density at radius 1 is 1.38 bits per heavy atom.